The monoisotopic (exact) mass is 145 g/mol. The Kier molecular flexibility index (Phi) is 1.89. The molecule has 1 fully saturated rings. The number of hydrogen-bond donors (Lipinski definition) is 3. The van der Waals surface area contributed by atoms with Crippen LogP contribution in [-0.2, 0) is 9.63 Å². The summed E-state index contributed by atoms with van der Waals surface area (Å²) in [7, 11) is 0. The maximum atomic E-state index is 10.8. The van der Waals surface area contributed by atoms with Crippen molar-refractivity contribution < 1.29 is 9.63 Å². The zero-order chi connectivity index (χ0) is 7.61. The van der Waals surface area contributed by atoms with Gasteiger partial charge in [0.05, 0.1) is 0 Å². The Bertz CT molecular complexity index is 142. The van der Waals surface area contributed by atoms with Gasteiger partial charge >= 0.3 is 5.97 Å². The van der Waals surface area contributed by atoms with Crippen LogP contribution in [0, 0.1) is 0 Å². The number of carbonyl (C=O) groups is 1. The predicted molar refractivity (Wildman–Crippen MR) is 34.4 cm³/mol. The van der Waals surface area contributed by atoms with Gasteiger partial charge in [0.2, 0.25) is 0 Å². The molecule has 5 heteroatoms. The fourth-order valence-electron chi connectivity index (χ4n) is 1.05. The molecule has 1 rings (SSSR count). The fraction of sp³-hybridized carbons (Fsp3) is 0.800. The topological polar surface area (TPSA) is 90.4 Å². The molecule has 0 aromatic rings. The molecule has 5 nitrogen and oxygen atoms in total. The summed E-state index contributed by atoms with van der Waals surface area (Å²) in [5.74, 6) is 4.07. The molecule has 0 amide bonds. The minimum absolute atomic E-state index is 0.586. The fourth-order valence-corrected chi connectivity index (χ4v) is 1.05. The Morgan fingerprint density at radius 3 is 2.80 bits per heavy atom. The van der Waals surface area contributed by atoms with E-state index >= 15 is 0 Å². The van der Waals surface area contributed by atoms with Crippen molar-refractivity contribution in [3.63, 3.8) is 0 Å². The van der Waals surface area contributed by atoms with Gasteiger partial charge in [0, 0.05) is 0 Å². The van der Waals surface area contributed by atoms with E-state index in [2.05, 4.69) is 16.1 Å². The van der Waals surface area contributed by atoms with Crippen LogP contribution < -0.4 is 16.9 Å². The van der Waals surface area contributed by atoms with E-state index in [-0.39, 0.29) is 0 Å². The summed E-state index contributed by atoms with van der Waals surface area (Å²) < 4.78 is 0. The molecule has 1 heterocycles. The van der Waals surface area contributed by atoms with Crippen molar-refractivity contribution in [2.75, 3.05) is 6.54 Å². The lowest BCUT2D eigenvalue weighted by Gasteiger charge is -2.19. The van der Waals surface area contributed by atoms with Gasteiger partial charge in [-0.1, -0.05) is 0 Å². The van der Waals surface area contributed by atoms with Gasteiger partial charge in [-0.2, -0.15) is 5.90 Å². The predicted octanol–water partition coefficient (Wildman–Crippen LogP) is -1.56. The third-order valence-electron chi connectivity index (χ3n) is 1.66. The van der Waals surface area contributed by atoms with Crippen molar-refractivity contribution in [2.24, 2.45) is 11.6 Å². The molecule has 0 unspecified atom stereocenters. The van der Waals surface area contributed by atoms with E-state index in [1.165, 1.54) is 0 Å². The Morgan fingerprint density at radius 1 is 1.70 bits per heavy atom. The molecule has 0 spiro atoms. The lowest BCUT2D eigenvalue weighted by Crippen LogP contribution is -2.57. The van der Waals surface area contributed by atoms with Gasteiger partial charge in [-0.25, -0.2) is 4.79 Å². The van der Waals surface area contributed by atoms with Crippen LogP contribution >= 0.6 is 0 Å². The minimum atomic E-state index is -1.03. The summed E-state index contributed by atoms with van der Waals surface area (Å²) in [6.07, 6.45) is 1.47. The number of nitrogens with two attached hydrogens (primary N) is 2. The van der Waals surface area contributed by atoms with E-state index in [0.717, 1.165) is 13.0 Å². The summed E-state index contributed by atoms with van der Waals surface area (Å²) in [6, 6.07) is 0. The maximum absolute atomic E-state index is 10.8. The summed E-state index contributed by atoms with van der Waals surface area (Å²) in [5.41, 5.74) is 4.51. The molecule has 0 aliphatic carbocycles. The molecule has 5 N–H and O–H groups in total. The molecule has 1 saturated heterocycles. The lowest BCUT2D eigenvalue weighted by atomic mass is 10.1. The highest BCUT2D eigenvalue weighted by Gasteiger charge is 2.38. The highest BCUT2D eigenvalue weighted by molar-refractivity contribution is 5.80. The van der Waals surface area contributed by atoms with Crippen LogP contribution in [0.25, 0.3) is 0 Å². The van der Waals surface area contributed by atoms with Crippen LogP contribution in [0.1, 0.15) is 12.8 Å². The molecule has 58 valence electrons. The van der Waals surface area contributed by atoms with Gasteiger partial charge < -0.3 is 10.6 Å². The van der Waals surface area contributed by atoms with E-state index in [1.54, 1.807) is 0 Å². The van der Waals surface area contributed by atoms with Crippen molar-refractivity contribution in [1.29, 1.82) is 0 Å². The summed E-state index contributed by atoms with van der Waals surface area (Å²) in [5, 5.41) is 2.81. The average molecular weight is 145 g/mol. The zero-order valence-corrected chi connectivity index (χ0v) is 5.59. The van der Waals surface area contributed by atoms with Crippen LogP contribution in [-0.4, -0.2) is 18.2 Å². The van der Waals surface area contributed by atoms with Gasteiger partial charge in [0.25, 0.3) is 0 Å². The van der Waals surface area contributed by atoms with Gasteiger partial charge in [0.1, 0.15) is 0 Å². The van der Waals surface area contributed by atoms with E-state index in [1.807, 2.05) is 0 Å². The SMILES string of the molecule is NOC(=O)[C@@]1(N)CCCN1. The van der Waals surface area contributed by atoms with E-state index in [0.29, 0.717) is 6.42 Å². The summed E-state index contributed by atoms with van der Waals surface area (Å²) in [4.78, 5) is 14.8. The van der Waals surface area contributed by atoms with E-state index < -0.39 is 11.6 Å². The van der Waals surface area contributed by atoms with Crippen molar-refractivity contribution in [1.82, 2.24) is 5.32 Å². The molecule has 1 aliphatic rings. The van der Waals surface area contributed by atoms with Gasteiger partial charge in [0.15, 0.2) is 5.66 Å². The lowest BCUT2D eigenvalue weighted by molar-refractivity contribution is -0.151. The highest BCUT2D eigenvalue weighted by atomic mass is 16.7. The second-order valence-electron chi connectivity index (χ2n) is 2.41. The first kappa shape index (κ1) is 7.46. The quantitative estimate of drug-likeness (QED) is 0.388. The molecular formula is C5H11N3O2. The number of nitrogens with one attached hydrogen (secondary N) is 1. The summed E-state index contributed by atoms with van der Waals surface area (Å²) >= 11 is 0. The van der Waals surface area contributed by atoms with Crippen molar-refractivity contribution in [3.8, 4) is 0 Å². The standard InChI is InChI=1S/C5H11N3O2/c6-5(4(9)10-7)2-1-3-8-5/h8H,1-3,6-7H2/t5-/m1/s1. The van der Waals surface area contributed by atoms with Crippen molar-refractivity contribution in [3.05, 3.63) is 0 Å². The normalized spacial score (nSPS) is 32.2. The Morgan fingerprint density at radius 2 is 2.40 bits per heavy atom. The van der Waals surface area contributed by atoms with Gasteiger partial charge in [-0.3, -0.25) is 5.32 Å². The van der Waals surface area contributed by atoms with E-state index in [4.69, 9.17) is 5.73 Å². The maximum Gasteiger partial charge on any atom is 0.359 e. The molecule has 0 radical (unpaired) electrons. The second kappa shape index (κ2) is 2.53. The van der Waals surface area contributed by atoms with E-state index in [9.17, 15) is 4.79 Å². The second-order valence-corrected chi connectivity index (χ2v) is 2.41. The Hall–Kier alpha value is -0.650. The minimum Gasteiger partial charge on any atom is -0.371 e. The molecule has 0 saturated carbocycles. The highest BCUT2D eigenvalue weighted by Crippen LogP contribution is 2.13. The number of rotatable bonds is 1. The van der Waals surface area contributed by atoms with Crippen LogP contribution in [0.5, 0.6) is 0 Å². The third kappa shape index (κ3) is 1.11. The molecular weight excluding hydrogens is 134 g/mol. The first-order valence-corrected chi connectivity index (χ1v) is 3.14. The molecule has 1 aliphatic heterocycles. The molecule has 10 heavy (non-hydrogen) atoms. The Labute approximate surface area is 58.7 Å². The number of carbonyl (C=O) groups excluding carboxylic acids is 1. The Balaban J connectivity index is 2.58. The zero-order valence-electron chi connectivity index (χ0n) is 5.59. The van der Waals surface area contributed by atoms with Gasteiger partial charge in [-0.15, -0.1) is 0 Å². The van der Waals surface area contributed by atoms with Crippen LogP contribution in [0.3, 0.4) is 0 Å². The first-order chi connectivity index (χ1) is 4.69. The smallest absolute Gasteiger partial charge is 0.359 e. The number of hydrogen-bond acceptors (Lipinski definition) is 5. The van der Waals surface area contributed by atoms with Crippen molar-refractivity contribution in [2.45, 2.75) is 18.5 Å². The van der Waals surface area contributed by atoms with Crippen LogP contribution in [0.2, 0.25) is 0 Å². The summed E-state index contributed by atoms with van der Waals surface area (Å²) in [6.45, 7) is 0.742. The van der Waals surface area contributed by atoms with Crippen molar-refractivity contribution >= 4 is 5.97 Å². The van der Waals surface area contributed by atoms with Gasteiger partial charge in [-0.05, 0) is 19.4 Å². The molecule has 0 aromatic heterocycles. The average Bonchev–Trinajstić information content (AvgIpc) is 2.36. The third-order valence-corrected chi connectivity index (χ3v) is 1.66. The molecule has 0 bridgehead atoms. The van der Waals surface area contributed by atoms with Crippen LogP contribution in [0.4, 0.5) is 0 Å². The first-order valence-electron chi connectivity index (χ1n) is 3.14. The molecule has 1 atom stereocenters. The largest absolute Gasteiger partial charge is 0.371 e. The van der Waals surface area contributed by atoms with Crippen LogP contribution in [0.15, 0.2) is 0 Å². The molecule has 0 aromatic carbocycles.